The van der Waals surface area contributed by atoms with Gasteiger partial charge in [0.2, 0.25) is 0 Å². The van der Waals surface area contributed by atoms with Gasteiger partial charge in [-0.2, -0.15) is 0 Å². The van der Waals surface area contributed by atoms with Crippen LogP contribution in [0.3, 0.4) is 0 Å². The molecule has 0 aliphatic rings. The van der Waals surface area contributed by atoms with Gasteiger partial charge in [0.05, 0.1) is 0 Å². The molecule has 0 bridgehead atoms. The topological polar surface area (TPSA) is 56.7 Å². The number of guanidine groups is 1. The first-order valence-electron chi connectivity index (χ1n) is 10.3. The first-order chi connectivity index (χ1) is 13.0. The number of unbranched alkanes of at least 4 members (excludes halogenated alkanes) is 1. The summed E-state index contributed by atoms with van der Waals surface area (Å²) in [5.41, 5.74) is 1.88. The van der Waals surface area contributed by atoms with Crippen molar-refractivity contribution in [3.8, 4) is 0 Å². The SMILES string of the molecule is CCCCC(CCC)CNC(=NC)NCCc1cccc(C(=O)N(C)C)c1.I. The Morgan fingerprint density at radius 2 is 1.89 bits per heavy atom. The van der Waals surface area contributed by atoms with Crippen LogP contribution < -0.4 is 10.6 Å². The molecule has 0 saturated carbocycles. The van der Waals surface area contributed by atoms with Crippen LogP contribution in [0.1, 0.15) is 61.9 Å². The minimum atomic E-state index is 0. The molecule has 0 aliphatic heterocycles. The van der Waals surface area contributed by atoms with E-state index in [4.69, 9.17) is 0 Å². The molecule has 5 nitrogen and oxygen atoms in total. The predicted octanol–water partition coefficient (Wildman–Crippen LogP) is 4.32. The molecule has 0 aliphatic carbocycles. The van der Waals surface area contributed by atoms with Crippen molar-refractivity contribution in [3.05, 3.63) is 35.4 Å². The third-order valence-corrected chi connectivity index (χ3v) is 4.73. The van der Waals surface area contributed by atoms with Crippen LogP contribution in [0, 0.1) is 5.92 Å². The highest BCUT2D eigenvalue weighted by atomic mass is 127. The van der Waals surface area contributed by atoms with Crippen molar-refractivity contribution >= 4 is 35.8 Å². The van der Waals surface area contributed by atoms with Crippen molar-refractivity contribution < 1.29 is 4.79 Å². The molecule has 0 radical (unpaired) electrons. The molecule has 2 N–H and O–H groups in total. The summed E-state index contributed by atoms with van der Waals surface area (Å²) >= 11 is 0. The van der Waals surface area contributed by atoms with E-state index in [9.17, 15) is 4.79 Å². The predicted molar refractivity (Wildman–Crippen MR) is 131 cm³/mol. The minimum absolute atomic E-state index is 0. The second kappa shape index (κ2) is 15.6. The fraction of sp³-hybridized carbons (Fsp3) is 0.636. The fourth-order valence-electron chi connectivity index (χ4n) is 3.15. The number of rotatable bonds is 11. The smallest absolute Gasteiger partial charge is 0.253 e. The highest BCUT2D eigenvalue weighted by Gasteiger charge is 2.09. The van der Waals surface area contributed by atoms with Crippen LogP contribution in [-0.2, 0) is 6.42 Å². The summed E-state index contributed by atoms with van der Waals surface area (Å²) in [4.78, 5) is 18.0. The Hall–Kier alpha value is -1.31. The third-order valence-electron chi connectivity index (χ3n) is 4.73. The number of hydrogen-bond acceptors (Lipinski definition) is 2. The Morgan fingerprint density at radius 3 is 2.50 bits per heavy atom. The molecule has 1 rings (SSSR count). The van der Waals surface area contributed by atoms with Gasteiger partial charge >= 0.3 is 0 Å². The zero-order chi connectivity index (χ0) is 20.1. The second-order valence-electron chi connectivity index (χ2n) is 7.33. The number of aliphatic imine (C=N–C) groups is 1. The average molecular weight is 502 g/mol. The molecule has 0 heterocycles. The first kappa shape index (κ1) is 26.7. The lowest BCUT2D eigenvalue weighted by Gasteiger charge is -2.19. The van der Waals surface area contributed by atoms with Crippen LogP contribution in [-0.4, -0.2) is 51.0 Å². The maximum Gasteiger partial charge on any atom is 0.253 e. The van der Waals surface area contributed by atoms with Crippen LogP contribution in [0.15, 0.2) is 29.3 Å². The van der Waals surface area contributed by atoms with E-state index in [1.54, 1.807) is 19.0 Å². The van der Waals surface area contributed by atoms with E-state index >= 15 is 0 Å². The van der Waals surface area contributed by atoms with Crippen LogP contribution in [0.2, 0.25) is 0 Å². The van der Waals surface area contributed by atoms with Gasteiger partial charge in [-0.15, -0.1) is 24.0 Å². The lowest BCUT2D eigenvalue weighted by molar-refractivity contribution is 0.0827. The quantitative estimate of drug-likeness (QED) is 0.269. The van der Waals surface area contributed by atoms with Crippen LogP contribution in [0.25, 0.3) is 0 Å². The monoisotopic (exact) mass is 502 g/mol. The Labute approximate surface area is 188 Å². The number of amides is 1. The second-order valence-corrected chi connectivity index (χ2v) is 7.33. The van der Waals surface area contributed by atoms with E-state index in [0.29, 0.717) is 5.92 Å². The van der Waals surface area contributed by atoms with Gasteiger partial charge in [0, 0.05) is 39.8 Å². The molecular formula is C22H39IN4O. The Balaban J connectivity index is 0.00000729. The summed E-state index contributed by atoms with van der Waals surface area (Å²) in [7, 11) is 5.36. The van der Waals surface area contributed by atoms with E-state index in [1.807, 2.05) is 25.2 Å². The van der Waals surface area contributed by atoms with Crippen molar-refractivity contribution in [2.45, 2.75) is 52.4 Å². The van der Waals surface area contributed by atoms with Gasteiger partial charge in [0.15, 0.2) is 5.96 Å². The van der Waals surface area contributed by atoms with Crippen molar-refractivity contribution in [1.29, 1.82) is 0 Å². The van der Waals surface area contributed by atoms with Crippen molar-refractivity contribution in [3.63, 3.8) is 0 Å². The molecule has 1 atom stereocenters. The van der Waals surface area contributed by atoms with Crippen LogP contribution in [0.4, 0.5) is 0 Å². The molecule has 1 unspecified atom stereocenters. The standard InChI is InChI=1S/C22H38N4O.HI/c1-6-8-11-19(10-7-2)17-25-22(23-3)24-15-14-18-12-9-13-20(16-18)21(27)26(4)5;/h9,12-13,16,19H,6-8,10-11,14-15,17H2,1-5H3,(H2,23,24,25);1H. The summed E-state index contributed by atoms with van der Waals surface area (Å²) in [6, 6.07) is 7.85. The Morgan fingerprint density at radius 1 is 1.14 bits per heavy atom. The van der Waals surface area contributed by atoms with E-state index in [0.717, 1.165) is 36.6 Å². The lowest BCUT2D eigenvalue weighted by Crippen LogP contribution is -2.40. The molecule has 1 aromatic carbocycles. The molecule has 160 valence electrons. The van der Waals surface area contributed by atoms with Crippen molar-refractivity contribution in [2.24, 2.45) is 10.9 Å². The number of carbonyl (C=O) groups excluding carboxylic acids is 1. The first-order valence-corrected chi connectivity index (χ1v) is 10.3. The lowest BCUT2D eigenvalue weighted by atomic mass is 9.97. The Kier molecular flexibility index (Phi) is 14.9. The van der Waals surface area contributed by atoms with Gasteiger partial charge in [-0.3, -0.25) is 9.79 Å². The number of nitrogens with zero attached hydrogens (tertiary/aromatic N) is 2. The molecule has 0 spiro atoms. The third kappa shape index (κ3) is 10.3. The fourth-order valence-corrected chi connectivity index (χ4v) is 3.15. The zero-order valence-electron chi connectivity index (χ0n) is 18.3. The summed E-state index contributed by atoms with van der Waals surface area (Å²) < 4.78 is 0. The summed E-state index contributed by atoms with van der Waals surface area (Å²) in [6.07, 6.45) is 7.16. The van der Waals surface area contributed by atoms with Gasteiger partial charge in [-0.1, -0.05) is 45.2 Å². The summed E-state index contributed by atoms with van der Waals surface area (Å²) in [6.45, 7) is 6.26. The van der Waals surface area contributed by atoms with E-state index < -0.39 is 0 Å². The molecule has 28 heavy (non-hydrogen) atoms. The number of halogens is 1. The largest absolute Gasteiger partial charge is 0.356 e. The van der Waals surface area contributed by atoms with Gasteiger partial charge in [0.25, 0.3) is 5.91 Å². The van der Waals surface area contributed by atoms with Gasteiger partial charge in [-0.05, 0) is 42.9 Å². The molecule has 0 saturated heterocycles. The highest BCUT2D eigenvalue weighted by Crippen LogP contribution is 2.13. The normalized spacial score (nSPS) is 12.1. The summed E-state index contributed by atoms with van der Waals surface area (Å²) in [5, 5.41) is 6.86. The van der Waals surface area contributed by atoms with Gasteiger partial charge < -0.3 is 15.5 Å². The average Bonchev–Trinajstić information content (AvgIpc) is 2.67. The maximum absolute atomic E-state index is 12.1. The summed E-state index contributed by atoms with van der Waals surface area (Å²) in [5.74, 6) is 1.60. The van der Waals surface area contributed by atoms with E-state index in [1.165, 1.54) is 32.1 Å². The van der Waals surface area contributed by atoms with Gasteiger partial charge in [0.1, 0.15) is 0 Å². The molecule has 0 fully saturated rings. The van der Waals surface area contributed by atoms with Crippen LogP contribution >= 0.6 is 24.0 Å². The minimum Gasteiger partial charge on any atom is -0.356 e. The number of nitrogens with one attached hydrogen (secondary N) is 2. The number of hydrogen-bond donors (Lipinski definition) is 2. The molecule has 1 aromatic rings. The van der Waals surface area contributed by atoms with Crippen molar-refractivity contribution in [1.82, 2.24) is 15.5 Å². The molecule has 1 amide bonds. The zero-order valence-corrected chi connectivity index (χ0v) is 20.6. The molecule has 6 heteroatoms. The van der Waals surface area contributed by atoms with Gasteiger partial charge in [-0.25, -0.2) is 0 Å². The number of carbonyl (C=O) groups is 1. The van der Waals surface area contributed by atoms with Crippen LogP contribution in [0.5, 0.6) is 0 Å². The molecular weight excluding hydrogens is 463 g/mol. The molecule has 0 aromatic heterocycles. The van der Waals surface area contributed by atoms with E-state index in [2.05, 4.69) is 35.5 Å². The number of benzene rings is 1. The Bertz CT molecular complexity index is 590. The highest BCUT2D eigenvalue weighted by molar-refractivity contribution is 14.0. The van der Waals surface area contributed by atoms with E-state index in [-0.39, 0.29) is 29.9 Å². The van der Waals surface area contributed by atoms with Crippen molar-refractivity contribution in [2.75, 3.05) is 34.2 Å². The maximum atomic E-state index is 12.1.